The van der Waals surface area contributed by atoms with Gasteiger partial charge in [0.05, 0.1) is 5.56 Å². The lowest BCUT2D eigenvalue weighted by molar-refractivity contribution is -0.139. The molecule has 1 amide bonds. The second kappa shape index (κ2) is 10.1. The number of fused-ring (bicyclic) bond motifs is 3. The fourth-order valence-corrected chi connectivity index (χ4v) is 4.86. The molecule has 0 saturated carbocycles. The Bertz CT molecular complexity index is 1450. The minimum atomic E-state index is -4.52. The molecule has 0 bridgehead atoms. The van der Waals surface area contributed by atoms with Crippen LogP contribution in [0.25, 0.3) is 16.8 Å². The lowest BCUT2D eigenvalue weighted by Gasteiger charge is -2.18. The molecule has 6 nitrogen and oxygen atoms in total. The molecule has 38 heavy (non-hydrogen) atoms. The van der Waals surface area contributed by atoms with Crippen molar-refractivity contribution in [1.29, 1.82) is 0 Å². The van der Waals surface area contributed by atoms with Crippen molar-refractivity contribution < 1.29 is 32.6 Å². The van der Waals surface area contributed by atoms with E-state index in [1.165, 1.54) is 22.9 Å². The summed E-state index contributed by atoms with van der Waals surface area (Å²) < 4.78 is 46.4. The molecule has 0 radical (unpaired) electrons. The van der Waals surface area contributed by atoms with Gasteiger partial charge in [-0.3, -0.25) is 0 Å². The third-order valence-corrected chi connectivity index (χ3v) is 6.63. The number of alkyl halides is 3. The Morgan fingerprint density at radius 2 is 1.58 bits per heavy atom. The molecule has 5 rings (SSSR count). The minimum absolute atomic E-state index is 0.0206. The summed E-state index contributed by atoms with van der Waals surface area (Å²) >= 11 is 0. The molecule has 1 atom stereocenters. The van der Waals surface area contributed by atoms with E-state index in [2.05, 4.69) is 5.32 Å². The van der Waals surface area contributed by atoms with Crippen molar-refractivity contribution in [3.8, 4) is 16.8 Å². The van der Waals surface area contributed by atoms with E-state index >= 15 is 0 Å². The molecule has 1 unspecified atom stereocenters. The standard InChI is InChI=1S/C29H23F3N2O4/c30-29(31,32)18-7-5-8-19(15-18)34-14-6-9-20(34)16-26(27(35)36)33-28(37)38-17-25-23-12-3-1-10-21(23)22-11-2-4-13-24(22)25/h1-15,25-26H,16-17H2,(H,33,37)(H,35,36). The fourth-order valence-electron chi connectivity index (χ4n) is 4.86. The number of carboxylic acid groups (broad SMARTS) is 1. The van der Waals surface area contributed by atoms with Gasteiger partial charge in [-0.15, -0.1) is 0 Å². The lowest BCUT2D eigenvalue weighted by atomic mass is 9.98. The second-order valence-corrected chi connectivity index (χ2v) is 8.98. The number of carbonyl (C=O) groups excluding carboxylic acids is 1. The van der Waals surface area contributed by atoms with Crippen LogP contribution in [0, 0.1) is 0 Å². The van der Waals surface area contributed by atoms with Gasteiger partial charge >= 0.3 is 18.2 Å². The Morgan fingerprint density at radius 3 is 2.21 bits per heavy atom. The van der Waals surface area contributed by atoms with Crippen molar-refractivity contribution in [3.05, 3.63) is 114 Å². The molecule has 0 saturated heterocycles. The SMILES string of the molecule is O=C(NC(Cc1cccn1-c1cccc(C(F)(F)F)c1)C(=O)O)OCC1c2ccccc2-c2ccccc21. The minimum Gasteiger partial charge on any atom is -0.480 e. The maximum absolute atomic E-state index is 13.2. The molecule has 0 spiro atoms. The number of rotatable bonds is 7. The number of halogens is 3. The Balaban J connectivity index is 1.28. The number of amides is 1. The number of nitrogens with zero attached hydrogens (tertiary/aromatic N) is 1. The van der Waals surface area contributed by atoms with Crippen LogP contribution in [0.3, 0.4) is 0 Å². The van der Waals surface area contributed by atoms with Crippen molar-refractivity contribution in [2.75, 3.05) is 6.61 Å². The van der Waals surface area contributed by atoms with Gasteiger partial charge in [-0.25, -0.2) is 9.59 Å². The van der Waals surface area contributed by atoms with Gasteiger partial charge in [0.1, 0.15) is 12.6 Å². The molecule has 2 N–H and O–H groups in total. The van der Waals surface area contributed by atoms with E-state index < -0.39 is 29.8 Å². The molecule has 1 heterocycles. The van der Waals surface area contributed by atoms with Gasteiger partial charge in [-0.1, -0.05) is 54.6 Å². The topological polar surface area (TPSA) is 80.6 Å². The number of ether oxygens (including phenoxy) is 1. The lowest BCUT2D eigenvalue weighted by Crippen LogP contribution is -2.43. The first kappa shape index (κ1) is 25.1. The van der Waals surface area contributed by atoms with E-state index in [4.69, 9.17) is 4.74 Å². The zero-order valence-corrected chi connectivity index (χ0v) is 20.0. The van der Waals surface area contributed by atoms with Crippen molar-refractivity contribution >= 4 is 12.1 Å². The number of carboxylic acids is 1. The van der Waals surface area contributed by atoms with Gasteiger partial charge in [0, 0.05) is 29.9 Å². The van der Waals surface area contributed by atoms with Crippen LogP contribution in [0.2, 0.25) is 0 Å². The molecular weight excluding hydrogens is 497 g/mol. The number of nitrogens with one attached hydrogen (secondary N) is 1. The van der Waals surface area contributed by atoms with Crippen LogP contribution < -0.4 is 5.32 Å². The van der Waals surface area contributed by atoms with E-state index in [0.717, 1.165) is 34.4 Å². The van der Waals surface area contributed by atoms with Crippen LogP contribution in [0.5, 0.6) is 0 Å². The molecule has 0 aliphatic heterocycles. The monoisotopic (exact) mass is 520 g/mol. The smallest absolute Gasteiger partial charge is 0.416 e. The van der Waals surface area contributed by atoms with Crippen LogP contribution in [0.4, 0.5) is 18.0 Å². The first-order chi connectivity index (χ1) is 18.2. The quantitative estimate of drug-likeness (QED) is 0.312. The van der Waals surface area contributed by atoms with Gasteiger partial charge < -0.3 is 19.7 Å². The van der Waals surface area contributed by atoms with Crippen molar-refractivity contribution in [2.24, 2.45) is 0 Å². The van der Waals surface area contributed by atoms with Gasteiger partial charge in [-0.05, 0) is 52.6 Å². The van der Waals surface area contributed by atoms with E-state index in [9.17, 15) is 27.9 Å². The highest BCUT2D eigenvalue weighted by Crippen LogP contribution is 2.44. The van der Waals surface area contributed by atoms with E-state index in [-0.39, 0.29) is 24.6 Å². The van der Waals surface area contributed by atoms with Crippen molar-refractivity contribution in [3.63, 3.8) is 0 Å². The summed E-state index contributed by atoms with van der Waals surface area (Å²) in [5.41, 5.74) is 4.00. The number of alkyl carbamates (subject to hydrolysis) is 1. The summed E-state index contributed by atoms with van der Waals surface area (Å²) in [6.07, 6.45) is -4.03. The fraction of sp³-hybridized carbons (Fsp3) is 0.172. The molecular formula is C29H23F3N2O4. The predicted octanol–water partition coefficient (Wildman–Crippen LogP) is 6.03. The zero-order valence-electron chi connectivity index (χ0n) is 20.0. The molecule has 0 fully saturated rings. The number of aromatic nitrogens is 1. The number of aliphatic carboxylic acids is 1. The van der Waals surface area contributed by atoms with Gasteiger partial charge in [0.2, 0.25) is 0 Å². The highest BCUT2D eigenvalue weighted by molar-refractivity contribution is 5.81. The summed E-state index contributed by atoms with van der Waals surface area (Å²) in [7, 11) is 0. The van der Waals surface area contributed by atoms with Crippen molar-refractivity contribution in [1.82, 2.24) is 9.88 Å². The Labute approximate surface area is 216 Å². The summed E-state index contributed by atoms with van der Waals surface area (Å²) in [6, 6.07) is 22.2. The van der Waals surface area contributed by atoms with Crippen molar-refractivity contribution in [2.45, 2.75) is 24.6 Å². The molecule has 194 valence electrons. The van der Waals surface area contributed by atoms with Crippen LogP contribution in [0.1, 0.15) is 28.3 Å². The van der Waals surface area contributed by atoms with E-state index in [0.29, 0.717) is 5.69 Å². The summed E-state index contributed by atoms with van der Waals surface area (Å²) in [6.45, 7) is 0.0206. The van der Waals surface area contributed by atoms with E-state index in [1.807, 2.05) is 48.5 Å². The summed E-state index contributed by atoms with van der Waals surface area (Å²) in [4.78, 5) is 24.6. The van der Waals surface area contributed by atoms with E-state index in [1.54, 1.807) is 12.1 Å². The average Bonchev–Trinajstić information content (AvgIpc) is 3.49. The highest BCUT2D eigenvalue weighted by Gasteiger charge is 2.32. The van der Waals surface area contributed by atoms with Gasteiger partial charge in [-0.2, -0.15) is 13.2 Å². The van der Waals surface area contributed by atoms with Crippen LogP contribution in [0.15, 0.2) is 91.1 Å². The highest BCUT2D eigenvalue weighted by atomic mass is 19.4. The first-order valence-electron chi connectivity index (χ1n) is 11.9. The average molecular weight is 521 g/mol. The molecule has 9 heteroatoms. The Hall–Kier alpha value is -4.53. The molecule has 1 aromatic heterocycles. The number of hydrogen-bond acceptors (Lipinski definition) is 3. The zero-order chi connectivity index (χ0) is 26.9. The molecule has 4 aromatic rings. The molecule has 1 aliphatic carbocycles. The van der Waals surface area contributed by atoms with Gasteiger partial charge in [0.25, 0.3) is 0 Å². The third kappa shape index (κ3) is 5.00. The molecule has 3 aromatic carbocycles. The summed E-state index contributed by atoms with van der Waals surface area (Å²) in [5, 5.41) is 12.1. The maximum atomic E-state index is 13.2. The van der Waals surface area contributed by atoms with Crippen LogP contribution in [-0.4, -0.2) is 34.4 Å². The normalized spacial score (nSPS) is 13.4. The van der Waals surface area contributed by atoms with Crippen LogP contribution in [-0.2, 0) is 22.1 Å². The molecule has 1 aliphatic rings. The third-order valence-electron chi connectivity index (χ3n) is 6.63. The predicted molar refractivity (Wildman–Crippen MR) is 134 cm³/mol. The Kier molecular flexibility index (Phi) is 6.67. The largest absolute Gasteiger partial charge is 0.480 e. The number of carbonyl (C=O) groups is 2. The second-order valence-electron chi connectivity index (χ2n) is 8.98. The number of benzene rings is 3. The van der Waals surface area contributed by atoms with Gasteiger partial charge in [0.15, 0.2) is 0 Å². The number of hydrogen-bond donors (Lipinski definition) is 2. The summed E-state index contributed by atoms with van der Waals surface area (Å²) in [5.74, 6) is -1.48. The maximum Gasteiger partial charge on any atom is 0.416 e. The first-order valence-corrected chi connectivity index (χ1v) is 11.9. The van der Waals surface area contributed by atoms with Crippen LogP contribution >= 0.6 is 0 Å². The Morgan fingerprint density at radius 1 is 0.921 bits per heavy atom.